The van der Waals surface area contributed by atoms with E-state index in [1.807, 2.05) is 0 Å². The summed E-state index contributed by atoms with van der Waals surface area (Å²) in [6, 6.07) is 8.62. The Kier molecular flexibility index (Phi) is 1.84. The highest BCUT2D eigenvalue weighted by Gasteiger charge is 2.56. The van der Waals surface area contributed by atoms with Crippen LogP contribution < -0.4 is 10.2 Å². The number of rotatable bonds is 0. The first-order valence-corrected chi connectivity index (χ1v) is 6.14. The fraction of sp³-hybridized carbons (Fsp3) is 0.571. The molecule has 16 heavy (non-hydrogen) atoms. The smallest absolute Gasteiger partial charge is 0.0622 e. The van der Waals surface area contributed by atoms with Gasteiger partial charge in [0, 0.05) is 13.6 Å². The molecule has 1 atom stereocenters. The van der Waals surface area contributed by atoms with Crippen LogP contribution >= 0.6 is 0 Å². The van der Waals surface area contributed by atoms with Gasteiger partial charge in [-0.05, 0) is 30.4 Å². The summed E-state index contributed by atoms with van der Waals surface area (Å²) in [4.78, 5) is 2.50. The average Bonchev–Trinajstić information content (AvgIpc) is 2.28. The Balaban J connectivity index is 2.05. The fourth-order valence-electron chi connectivity index (χ4n) is 3.37. The summed E-state index contributed by atoms with van der Waals surface area (Å²) < 4.78 is 0. The minimum atomic E-state index is 0.321. The van der Waals surface area contributed by atoms with Crippen molar-refractivity contribution in [2.45, 2.75) is 32.2 Å². The summed E-state index contributed by atoms with van der Waals surface area (Å²) in [6.45, 7) is 5.86. The highest BCUT2D eigenvalue weighted by atomic mass is 15.3. The van der Waals surface area contributed by atoms with Crippen LogP contribution in [0.4, 0.5) is 11.4 Å². The molecule has 1 spiro atoms. The molecule has 0 radical (unpaired) electrons. The van der Waals surface area contributed by atoms with Crippen LogP contribution in [0.1, 0.15) is 26.7 Å². The third-order valence-electron chi connectivity index (χ3n) is 4.90. The van der Waals surface area contributed by atoms with Crippen LogP contribution in [0.15, 0.2) is 24.3 Å². The van der Waals surface area contributed by atoms with Crippen molar-refractivity contribution in [2.75, 3.05) is 23.8 Å². The third-order valence-corrected chi connectivity index (χ3v) is 4.90. The van der Waals surface area contributed by atoms with Gasteiger partial charge in [-0.3, -0.25) is 0 Å². The lowest BCUT2D eigenvalue weighted by Gasteiger charge is -2.63. The molecule has 2 nitrogen and oxygen atoms in total. The summed E-state index contributed by atoms with van der Waals surface area (Å²) >= 11 is 0. The summed E-state index contributed by atoms with van der Waals surface area (Å²) in [5.74, 6) is 0. The van der Waals surface area contributed by atoms with Gasteiger partial charge in [-0.15, -0.1) is 0 Å². The van der Waals surface area contributed by atoms with E-state index in [-0.39, 0.29) is 0 Å². The maximum absolute atomic E-state index is 3.60. The van der Waals surface area contributed by atoms with E-state index in [4.69, 9.17) is 0 Å². The van der Waals surface area contributed by atoms with Gasteiger partial charge in [-0.1, -0.05) is 26.0 Å². The van der Waals surface area contributed by atoms with E-state index in [1.165, 1.54) is 24.2 Å². The quantitative estimate of drug-likeness (QED) is 0.717. The van der Waals surface area contributed by atoms with Gasteiger partial charge in [-0.2, -0.15) is 0 Å². The van der Waals surface area contributed by atoms with Gasteiger partial charge in [0.1, 0.15) is 0 Å². The molecule has 2 aliphatic rings. The summed E-state index contributed by atoms with van der Waals surface area (Å²) in [5.41, 5.74) is 3.36. The number of nitrogens with zero attached hydrogens (tertiary/aromatic N) is 1. The van der Waals surface area contributed by atoms with Gasteiger partial charge in [0.25, 0.3) is 0 Å². The summed E-state index contributed by atoms with van der Waals surface area (Å²) in [7, 11) is 2.25. The molecule has 1 aliphatic heterocycles. The van der Waals surface area contributed by atoms with Gasteiger partial charge in [-0.25, -0.2) is 0 Å². The molecule has 0 bridgehead atoms. The number of likely N-dealkylation sites (N-methyl/N-ethyl adjacent to an activating group) is 1. The Labute approximate surface area is 97.6 Å². The molecular formula is C14H20N2. The fourth-order valence-corrected chi connectivity index (χ4v) is 3.37. The van der Waals surface area contributed by atoms with Gasteiger partial charge >= 0.3 is 0 Å². The van der Waals surface area contributed by atoms with Crippen molar-refractivity contribution in [1.82, 2.24) is 0 Å². The maximum atomic E-state index is 3.60. The normalized spacial score (nSPS) is 30.6. The van der Waals surface area contributed by atoms with Crippen molar-refractivity contribution in [1.29, 1.82) is 0 Å². The van der Waals surface area contributed by atoms with E-state index in [1.54, 1.807) is 0 Å². The molecule has 1 aliphatic carbocycles. The molecule has 2 heteroatoms. The van der Waals surface area contributed by atoms with Crippen molar-refractivity contribution in [3.05, 3.63) is 24.3 Å². The minimum Gasteiger partial charge on any atom is -0.381 e. The van der Waals surface area contributed by atoms with Gasteiger partial charge in [0.2, 0.25) is 0 Å². The molecule has 1 unspecified atom stereocenters. The number of hydrogen-bond donors (Lipinski definition) is 1. The largest absolute Gasteiger partial charge is 0.381 e. The summed E-state index contributed by atoms with van der Waals surface area (Å²) in [5, 5.41) is 3.60. The van der Waals surface area contributed by atoms with E-state index >= 15 is 0 Å². The van der Waals surface area contributed by atoms with E-state index in [0.717, 1.165) is 6.54 Å². The second-order valence-corrected chi connectivity index (χ2v) is 5.85. The number of para-hydroxylation sites is 2. The Bertz CT molecular complexity index is 424. The second-order valence-electron chi connectivity index (χ2n) is 5.85. The third kappa shape index (κ3) is 1.02. The van der Waals surface area contributed by atoms with Crippen LogP contribution in [0, 0.1) is 5.41 Å². The number of hydrogen-bond acceptors (Lipinski definition) is 2. The molecule has 1 aromatic rings. The molecule has 0 saturated heterocycles. The zero-order valence-corrected chi connectivity index (χ0v) is 10.4. The maximum Gasteiger partial charge on any atom is 0.0622 e. The Hall–Kier alpha value is -1.18. The predicted octanol–water partition coefficient (Wildman–Crippen LogP) is 3.11. The predicted molar refractivity (Wildman–Crippen MR) is 69.1 cm³/mol. The molecule has 1 heterocycles. The first kappa shape index (κ1) is 10.0. The van der Waals surface area contributed by atoms with E-state index in [9.17, 15) is 0 Å². The highest BCUT2D eigenvalue weighted by Crippen LogP contribution is 2.56. The Morgan fingerprint density at radius 3 is 2.56 bits per heavy atom. The highest BCUT2D eigenvalue weighted by molar-refractivity contribution is 5.74. The molecular weight excluding hydrogens is 196 g/mol. The van der Waals surface area contributed by atoms with Crippen molar-refractivity contribution in [2.24, 2.45) is 5.41 Å². The van der Waals surface area contributed by atoms with Crippen LogP contribution in [0.3, 0.4) is 0 Å². The lowest BCUT2D eigenvalue weighted by molar-refractivity contribution is 0.0393. The number of benzene rings is 1. The molecule has 1 aromatic carbocycles. The number of fused-ring (bicyclic) bond motifs is 1. The topological polar surface area (TPSA) is 15.3 Å². The molecule has 1 saturated carbocycles. The van der Waals surface area contributed by atoms with E-state index in [2.05, 4.69) is 55.4 Å². The van der Waals surface area contributed by atoms with E-state index in [0.29, 0.717) is 11.0 Å². The first-order chi connectivity index (χ1) is 7.57. The first-order valence-electron chi connectivity index (χ1n) is 6.14. The number of nitrogens with one attached hydrogen (secondary N) is 1. The van der Waals surface area contributed by atoms with Crippen LogP contribution in [0.25, 0.3) is 0 Å². The zero-order valence-electron chi connectivity index (χ0n) is 10.4. The van der Waals surface area contributed by atoms with Crippen LogP contribution in [0.5, 0.6) is 0 Å². The molecule has 86 valence electrons. The van der Waals surface area contributed by atoms with E-state index < -0.39 is 0 Å². The van der Waals surface area contributed by atoms with Crippen molar-refractivity contribution >= 4 is 11.4 Å². The van der Waals surface area contributed by atoms with Crippen LogP contribution in [-0.4, -0.2) is 19.1 Å². The molecule has 1 N–H and O–H groups in total. The van der Waals surface area contributed by atoms with Crippen molar-refractivity contribution in [3.8, 4) is 0 Å². The molecule has 1 fully saturated rings. The second kappa shape index (κ2) is 2.93. The SMILES string of the molecule is CN1c2ccccc2NCC12CCC2(C)C. The lowest BCUT2D eigenvalue weighted by Crippen LogP contribution is -2.69. The zero-order chi connectivity index (χ0) is 11.4. The Morgan fingerprint density at radius 2 is 1.94 bits per heavy atom. The average molecular weight is 216 g/mol. The molecule has 0 aromatic heterocycles. The van der Waals surface area contributed by atoms with Gasteiger partial charge < -0.3 is 10.2 Å². The molecule has 3 rings (SSSR count). The van der Waals surface area contributed by atoms with Crippen LogP contribution in [-0.2, 0) is 0 Å². The Morgan fingerprint density at radius 1 is 1.19 bits per heavy atom. The monoisotopic (exact) mass is 216 g/mol. The number of anilines is 2. The summed E-state index contributed by atoms with van der Waals surface area (Å²) in [6.07, 6.45) is 2.64. The van der Waals surface area contributed by atoms with Crippen molar-refractivity contribution < 1.29 is 0 Å². The van der Waals surface area contributed by atoms with Crippen molar-refractivity contribution in [3.63, 3.8) is 0 Å². The van der Waals surface area contributed by atoms with Crippen LogP contribution in [0.2, 0.25) is 0 Å². The lowest BCUT2D eigenvalue weighted by atomic mass is 9.55. The standard InChI is InChI=1S/C14H20N2/c1-13(2)8-9-14(13)10-15-11-6-4-5-7-12(11)16(14)3/h4-7,15H,8-10H2,1-3H3. The van der Waals surface area contributed by atoms with Gasteiger partial charge in [0.15, 0.2) is 0 Å². The molecule has 0 amide bonds. The minimum absolute atomic E-state index is 0.321. The van der Waals surface area contributed by atoms with Gasteiger partial charge in [0.05, 0.1) is 16.9 Å².